The van der Waals surface area contributed by atoms with Gasteiger partial charge < -0.3 is 14.7 Å². The third-order valence-corrected chi connectivity index (χ3v) is 2.76. The fourth-order valence-electron chi connectivity index (χ4n) is 1.98. The monoisotopic (exact) mass is 265 g/mol. The lowest BCUT2D eigenvalue weighted by Crippen LogP contribution is -2.36. The highest BCUT2D eigenvalue weighted by atomic mass is 19.3. The first-order valence-corrected chi connectivity index (χ1v) is 6.09. The van der Waals surface area contributed by atoms with Gasteiger partial charge in [-0.15, -0.1) is 0 Å². The summed E-state index contributed by atoms with van der Waals surface area (Å²) in [4.78, 5) is 13.2. The summed E-state index contributed by atoms with van der Waals surface area (Å²) in [6, 6.07) is 0. The number of carbonyl (C=O) groups is 1. The summed E-state index contributed by atoms with van der Waals surface area (Å²) in [5.74, 6) is -3.34. The van der Waals surface area contributed by atoms with E-state index in [2.05, 4.69) is 0 Å². The number of aliphatic hydroxyl groups excluding tert-OH is 1. The quantitative estimate of drug-likeness (QED) is 0.851. The van der Waals surface area contributed by atoms with Crippen molar-refractivity contribution in [3.05, 3.63) is 0 Å². The molecule has 0 saturated carbocycles. The van der Waals surface area contributed by atoms with E-state index in [1.165, 1.54) is 4.90 Å². The minimum Gasteiger partial charge on any atom is -0.444 e. The summed E-state index contributed by atoms with van der Waals surface area (Å²) in [7, 11) is 0. The molecule has 106 valence electrons. The molecule has 1 saturated heterocycles. The van der Waals surface area contributed by atoms with Gasteiger partial charge in [0, 0.05) is 19.5 Å². The molecule has 1 aliphatic heterocycles. The maximum absolute atomic E-state index is 13.0. The highest BCUT2D eigenvalue weighted by Gasteiger charge is 2.37. The van der Waals surface area contributed by atoms with Crippen LogP contribution in [0.15, 0.2) is 0 Å². The summed E-state index contributed by atoms with van der Waals surface area (Å²) in [6.45, 7) is 4.84. The Kier molecular flexibility index (Phi) is 4.53. The van der Waals surface area contributed by atoms with E-state index in [0.717, 1.165) is 0 Å². The fourth-order valence-corrected chi connectivity index (χ4v) is 1.98. The average Bonchev–Trinajstić information content (AvgIpc) is 2.63. The molecule has 1 amide bonds. The summed E-state index contributed by atoms with van der Waals surface area (Å²) in [6.07, 6.45) is -0.324. The molecule has 1 unspecified atom stereocenters. The Balaban J connectivity index is 2.44. The van der Waals surface area contributed by atoms with Crippen LogP contribution in [-0.4, -0.2) is 47.3 Å². The van der Waals surface area contributed by atoms with Crippen LogP contribution in [0.25, 0.3) is 0 Å². The molecular formula is C12H21F2NO3. The number of aliphatic hydroxyl groups is 1. The van der Waals surface area contributed by atoms with Crippen LogP contribution >= 0.6 is 0 Å². The van der Waals surface area contributed by atoms with Crippen molar-refractivity contribution < 1.29 is 23.4 Å². The number of ether oxygens (including phenoxy) is 1. The van der Waals surface area contributed by atoms with Gasteiger partial charge in [-0.25, -0.2) is 13.6 Å². The molecule has 18 heavy (non-hydrogen) atoms. The normalized spacial score (nSPS) is 21.2. The fraction of sp³-hybridized carbons (Fsp3) is 0.917. The lowest BCUT2D eigenvalue weighted by Gasteiger charge is -2.24. The van der Waals surface area contributed by atoms with Gasteiger partial charge in [-0.2, -0.15) is 0 Å². The van der Waals surface area contributed by atoms with Crippen LogP contribution in [0.2, 0.25) is 0 Å². The molecular weight excluding hydrogens is 244 g/mol. The number of amides is 1. The van der Waals surface area contributed by atoms with Crippen molar-refractivity contribution in [2.24, 2.45) is 5.92 Å². The van der Waals surface area contributed by atoms with Crippen LogP contribution < -0.4 is 0 Å². The van der Waals surface area contributed by atoms with E-state index >= 15 is 0 Å². The molecule has 1 aliphatic rings. The Bertz CT molecular complexity index is 302. The number of alkyl halides is 2. The average molecular weight is 265 g/mol. The standard InChI is InChI=1S/C12H21F2NO3/c1-11(2,3)18-10(17)15-5-4-9(7-15)6-12(13,14)8-16/h9,16H,4-8H2,1-3H3. The van der Waals surface area contributed by atoms with Crippen LogP contribution in [0, 0.1) is 5.92 Å². The first-order valence-electron chi connectivity index (χ1n) is 6.09. The predicted octanol–water partition coefficient (Wildman–Crippen LogP) is 2.26. The van der Waals surface area contributed by atoms with Gasteiger partial charge in [-0.1, -0.05) is 0 Å². The van der Waals surface area contributed by atoms with Crippen LogP contribution in [0.5, 0.6) is 0 Å². The second kappa shape index (κ2) is 5.38. The first kappa shape index (κ1) is 15.1. The van der Waals surface area contributed by atoms with Gasteiger partial charge in [0.05, 0.1) is 0 Å². The summed E-state index contributed by atoms with van der Waals surface area (Å²) in [5, 5.41) is 8.53. The topological polar surface area (TPSA) is 49.8 Å². The Labute approximate surface area is 106 Å². The first-order chi connectivity index (χ1) is 8.13. The number of rotatable bonds is 3. The van der Waals surface area contributed by atoms with Gasteiger partial charge >= 0.3 is 6.09 Å². The summed E-state index contributed by atoms with van der Waals surface area (Å²) in [5.41, 5.74) is -0.579. The lowest BCUT2D eigenvalue weighted by molar-refractivity contribution is -0.0669. The number of nitrogens with zero attached hydrogens (tertiary/aromatic N) is 1. The minimum atomic E-state index is -3.06. The van der Waals surface area contributed by atoms with E-state index in [9.17, 15) is 13.6 Å². The van der Waals surface area contributed by atoms with E-state index in [1.807, 2.05) is 0 Å². The van der Waals surface area contributed by atoms with Crippen LogP contribution in [-0.2, 0) is 4.74 Å². The molecule has 1 heterocycles. The molecule has 0 radical (unpaired) electrons. The third kappa shape index (κ3) is 4.76. The minimum absolute atomic E-state index is 0.268. The van der Waals surface area contributed by atoms with Crippen LogP contribution in [0.1, 0.15) is 33.6 Å². The zero-order valence-corrected chi connectivity index (χ0v) is 11.1. The smallest absolute Gasteiger partial charge is 0.410 e. The molecule has 0 aromatic carbocycles. The molecule has 1 rings (SSSR count). The van der Waals surface area contributed by atoms with Crippen molar-refractivity contribution in [1.29, 1.82) is 0 Å². The van der Waals surface area contributed by atoms with Gasteiger partial charge in [-0.05, 0) is 33.1 Å². The van der Waals surface area contributed by atoms with Crippen molar-refractivity contribution in [2.45, 2.75) is 45.1 Å². The molecule has 0 aliphatic carbocycles. The second-order valence-electron chi connectivity index (χ2n) is 5.80. The van der Waals surface area contributed by atoms with Gasteiger partial charge in [0.15, 0.2) is 0 Å². The molecule has 1 N–H and O–H groups in total. The Morgan fingerprint density at radius 3 is 2.56 bits per heavy atom. The maximum Gasteiger partial charge on any atom is 0.410 e. The SMILES string of the molecule is CC(C)(C)OC(=O)N1CCC(CC(F)(F)CO)C1. The molecule has 0 bridgehead atoms. The van der Waals surface area contributed by atoms with Gasteiger partial charge in [0.25, 0.3) is 5.92 Å². The number of hydrogen-bond acceptors (Lipinski definition) is 3. The highest BCUT2D eigenvalue weighted by molar-refractivity contribution is 5.68. The highest BCUT2D eigenvalue weighted by Crippen LogP contribution is 2.29. The molecule has 4 nitrogen and oxygen atoms in total. The van der Waals surface area contributed by atoms with Crippen molar-refractivity contribution in [3.63, 3.8) is 0 Å². The van der Waals surface area contributed by atoms with Crippen molar-refractivity contribution >= 4 is 6.09 Å². The second-order valence-corrected chi connectivity index (χ2v) is 5.80. The predicted molar refractivity (Wildman–Crippen MR) is 62.6 cm³/mol. The number of likely N-dealkylation sites (tertiary alicyclic amines) is 1. The van der Waals surface area contributed by atoms with Crippen molar-refractivity contribution in [3.8, 4) is 0 Å². The lowest BCUT2D eigenvalue weighted by atomic mass is 10.0. The maximum atomic E-state index is 13.0. The van der Waals surface area contributed by atoms with E-state index in [0.29, 0.717) is 13.0 Å². The Hall–Kier alpha value is -0.910. The zero-order valence-electron chi connectivity index (χ0n) is 11.1. The molecule has 1 atom stereocenters. The largest absolute Gasteiger partial charge is 0.444 e. The zero-order chi connectivity index (χ0) is 14.0. The van der Waals surface area contributed by atoms with Gasteiger partial charge in [-0.3, -0.25) is 0 Å². The molecule has 1 fully saturated rings. The van der Waals surface area contributed by atoms with E-state index in [-0.39, 0.29) is 18.9 Å². The number of halogens is 2. The van der Waals surface area contributed by atoms with Gasteiger partial charge in [0.2, 0.25) is 0 Å². The van der Waals surface area contributed by atoms with Crippen LogP contribution in [0.3, 0.4) is 0 Å². The molecule has 0 aromatic rings. The van der Waals surface area contributed by atoms with Crippen molar-refractivity contribution in [2.75, 3.05) is 19.7 Å². The number of carbonyl (C=O) groups excluding carboxylic acids is 1. The van der Waals surface area contributed by atoms with Crippen LogP contribution in [0.4, 0.5) is 13.6 Å². The molecule has 6 heteroatoms. The van der Waals surface area contributed by atoms with Crippen molar-refractivity contribution in [1.82, 2.24) is 4.90 Å². The van der Waals surface area contributed by atoms with E-state index < -0.39 is 24.2 Å². The van der Waals surface area contributed by atoms with E-state index in [4.69, 9.17) is 9.84 Å². The third-order valence-electron chi connectivity index (χ3n) is 2.76. The van der Waals surface area contributed by atoms with Gasteiger partial charge in [0.1, 0.15) is 12.2 Å². The Morgan fingerprint density at radius 1 is 1.44 bits per heavy atom. The summed E-state index contributed by atoms with van der Waals surface area (Å²) < 4.78 is 31.2. The molecule has 0 spiro atoms. The summed E-state index contributed by atoms with van der Waals surface area (Å²) >= 11 is 0. The molecule has 0 aromatic heterocycles. The van der Waals surface area contributed by atoms with E-state index in [1.54, 1.807) is 20.8 Å². The number of hydrogen-bond donors (Lipinski definition) is 1. The Morgan fingerprint density at radius 2 is 2.06 bits per heavy atom.